The summed E-state index contributed by atoms with van der Waals surface area (Å²) >= 11 is 0. The summed E-state index contributed by atoms with van der Waals surface area (Å²) in [4.78, 5) is 42.5. The maximum Gasteiger partial charge on any atom is 0.469 e. The molecule has 0 saturated carbocycles. The van der Waals surface area contributed by atoms with Crippen molar-refractivity contribution < 1.29 is 48.2 Å². The lowest BCUT2D eigenvalue weighted by atomic mass is 10.0. The summed E-state index contributed by atoms with van der Waals surface area (Å²) in [5, 5.41) is 20.5. The zero-order valence-electron chi connectivity index (χ0n) is 28.3. The second-order valence-corrected chi connectivity index (χ2v) is 13.1. The number of phosphoric acid groups is 1. The van der Waals surface area contributed by atoms with E-state index in [4.69, 9.17) is 19.3 Å². The number of carbonyl (C=O) groups excluding carboxylic acids is 2. The van der Waals surface area contributed by atoms with Gasteiger partial charge in [-0.25, -0.2) is 4.57 Å². The number of aliphatic hydroxyl groups excluding tert-OH is 2. The van der Waals surface area contributed by atoms with Gasteiger partial charge in [0.15, 0.2) is 6.10 Å². The molecular formula is C35H61O10P. The smallest absolute Gasteiger partial charge is 0.462 e. The number of esters is 2. The number of aliphatic hydroxyl groups is 2. The maximum atomic E-state index is 12.3. The van der Waals surface area contributed by atoms with Crippen molar-refractivity contribution in [3.8, 4) is 0 Å². The maximum absolute atomic E-state index is 12.3. The number of carbonyl (C=O) groups is 2. The first-order valence-electron chi connectivity index (χ1n) is 17.0. The number of ether oxygens (including phenoxy) is 2. The SMILES string of the molecule is CC/C=C\C/C=C\C/C=C\C/C=C\C[C@@H](O)[C@H](O)CCCC(=O)O[C@H](COC(=O)CCCCCCCCC(C)C)COP(=O)(O)O. The van der Waals surface area contributed by atoms with E-state index in [1.54, 1.807) is 6.08 Å². The standard InChI is InChI=1S/C35H61O10P/c1-4-5-6-7-8-9-10-11-12-13-17-20-24-32(36)33(37)25-22-27-35(39)45-31(29-44-46(40,41)42)28-43-34(38)26-21-18-15-14-16-19-23-30(2)3/h5-6,8-9,11-12,17,20,30-33,36-37H,4,7,10,13-16,18-19,21-29H2,1-3H3,(H2,40,41,42)/b6-5-,9-8-,12-11-,20-17-/t31-,32-,33-/m1/s1. The van der Waals surface area contributed by atoms with Crippen LogP contribution in [0.1, 0.15) is 124 Å². The molecule has 0 fully saturated rings. The van der Waals surface area contributed by atoms with Crippen molar-refractivity contribution in [3.05, 3.63) is 48.6 Å². The van der Waals surface area contributed by atoms with Crippen LogP contribution in [0.15, 0.2) is 48.6 Å². The number of hydrogen-bond acceptors (Lipinski definition) is 8. The van der Waals surface area contributed by atoms with Crippen molar-refractivity contribution in [2.45, 2.75) is 142 Å². The van der Waals surface area contributed by atoms with Gasteiger partial charge in [-0.05, 0) is 57.3 Å². The predicted octanol–water partition coefficient (Wildman–Crippen LogP) is 7.41. The molecule has 0 aromatic rings. The number of allylic oxidation sites excluding steroid dienone is 7. The van der Waals surface area contributed by atoms with E-state index in [0.29, 0.717) is 12.3 Å². The summed E-state index contributed by atoms with van der Waals surface area (Å²) in [6.45, 7) is 5.49. The highest BCUT2D eigenvalue weighted by Gasteiger charge is 2.23. The van der Waals surface area contributed by atoms with E-state index < -0.39 is 51.3 Å². The van der Waals surface area contributed by atoms with Crippen LogP contribution in [0.5, 0.6) is 0 Å². The van der Waals surface area contributed by atoms with E-state index in [1.807, 2.05) is 12.2 Å². The van der Waals surface area contributed by atoms with Crippen LogP contribution in [0.4, 0.5) is 0 Å². The lowest BCUT2D eigenvalue weighted by Gasteiger charge is -2.19. The van der Waals surface area contributed by atoms with Crippen LogP contribution in [0, 0.1) is 5.92 Å². The number of unbranched alkanes of at least 4 members (excludes halogenated alkanes) is 5. The fourth-order valence-electron chi connectivity index (χ4n) is 4.35. The second kappa shape index (κ2) is 29.1. The molecule has 46 heavy (non-hydrogen) atoms. The summed E-state index contributed by atoms with van der Waals surface area (Å²) in [6.07, 6.45) is 24.8. The molecule has 0 unspecified atom stereocenters. The quantitative estimate of drug-likeness (QED) is 0.0273. The van der Waals surface area contributed by atoms with Gasteiger partial charge in [0.05, 0.1) is 18.8 Å². The summed E-state index contributed by atoms with van der Waals surface area (Å²) in [7, 11) is -4.83. The van der Waals surface area contributed by atoms with Crippen LogP contribution in [0.25, 0.3) is 0 Å². The Hall–Kier alpha value is -2.07. The van der Waals surface area contributed by atoms with Gasteiger partial charge < -0.3 is 29.5 Å². The van der Waals surface area contributed by atoms with E-state index >= 15 is 0 Å². The molecule has 4 N–H and O–H groups in total. The minimum absolute atomic E-state index is 0.106. The summed E-state index contributed by atoms with van der Waals surface area (Å²) in [5.74, 6) is -0.472. The normalized spacial score (nSPS) is 14.6. The van der Waals surface area contributed by atoms with Crippen molar-refractivity contribution >= 4 is 19.8 Å². The molecule has 0 bridgehead atoms. The molecule has 0 spiro atoms. The number of phosphoric ester groups is 1. The Morgan fingerprint density at radius 2 is 1.22 bits per heavy atom. The zero-order chi connectivity index (χ0) is 34.5. The van der Waals surface area contributed by atoms with Gasteiger partial charge in [0, 0.05) is 12.8 Å². The number of hydrogen-bond donors (Lipinski definition) is 4. The third kappa shape index (κ3) is 30.6. The molecule has 10 nitrogen and oxygen atoms in total. The lowest BCUT2D eigenvalue weighted by molar-refractivity contribution is -0.161. The summed E-state index contributed by atoms with van der Waals surface area (Å²) < 4.78 is 26.0. The van der Waals surface area contributed by atoms with Crippen molar-refractivity contribution in [1.29, 1.82) is 0 Å². The molecule has 0 amide bonds. The molecular weight excluding hydrogens is 611 g/mol. The molecule has 11 heteroatoms. The Morgan fingerprint density at radius 3 is 1.80 bits per heavy atom. The summed E-state index contributed by atoms with van der Waals surface area (Å²) in [6, 6.07) is 0. The van der Waals surface area contributed by atoms with Gasteiger partial charge in [-0.3, -0.25) is 14.1 Å². The molecule has 0 aromatic heterocycles. The fraction of sp³-hybridized carbons (Fsp3) is 0.714. The highest BCUT2D eigenvalue weighted by atomic mass is 31.2. The van der Waals surface area contributed by atoms with E-state index in [1.165, 1.54) is 19.3 Å². The first-order valence-corrected chi connectivity index (χ1v) is 18.5. The van der Waals surface area contributed by atoms with Crippen LogP contribution in [0.3, 0.4) is 0 Å². The van der Waals surface area contributed by atoms with E-state index in [0.717, 1.165) is 44.9 Å². The Kier molecular flexibility index (Phi) is 27.8. The van der Waals surface area contributed by atoms with Crippen molar-refractivity contribution in [2.24, 2.45) is 5.92 Å². The Balaban J connectivity index is 4.33. The van der Waals surface area contributed by atoms with Crippen molar-refractivity contribution in [3.63, 3.8) is 0 Å². The van der Waals surface area contributed by atoms with Crippen LogP contribution in [-0.4, -0.2) is 63.5 Å². The van der Waals surface area contributed by atoms with E-state index in [-0.39, 0.29) is 32.1 Å². The monoisotopic (exact) mass is 672 g/mol. The first kappa shape index (κ1) is 43.9. The fourth-order valence-corrected chi connectivity index (χ4v) is 4.71. The molecule has 0 rings (SSSR count). The minimum Gasteiger partial charge on any atom is -0.462 e. The van der Waals surface area contributed by atoms with Gasteiger partial charge in [-0.1, -0.05) is 108 Å². The lowest BCUT2D eigenvalue weighted by Crippen LogP contribution is -2.30. The molecule has 3 atom stereocenters. The van der Waals surface area contributed by atoms with E-state index in [9.17, 15) is 24.4 Å². The van der Waals surface area contributed by atoms with Crippen LogP contribution >= 0.6 is 7.82 Å². The Bertz CT molecular complexity index is 938. The van der Waals surface area contributed by atoms with Gasteiger partial charge in [-0.15, -0.1) is 0 Å². The van der Waals surface area contributed by atoms with Gasteiger partial charge in [0.1, 0.15) is 6.61 Å². The molecule has 0 saturated heterocycles. The molecule has 0 aliphatic heterocycles. The van der Waals surface area contributed by atoms with Gasteiger partial charge >= 0.3 is 19.8 Å². The highest BCUT2D eigenvalue weighted by Crippen LogP contribution is 2.36. The summed E-state index contributed by atoms with van der Waals surface area (Å²) in [5.41, 5.74) is 0. The molecule has 0 aromatic carbocycles. The van der Waals surface area contributed by atoms with Crippen LogP contribution < -0.4 is 0 Å². The Labute approximate surface area is 277 Å². The van der Waals surface area contributed by atoms with Gasteiger partial charge in [0.25, 0.3) is 0 Å². The average molecular weight is 673 g/mol. The minimum atomic E-state index is -4.83. The third-order valence-electron chi connectivity index (χ3n) is 6.99. The molecule has 0 radical (unpaired) electrons. The topological polar surface area (TPSA) is 160 Å². The largest absolute Gasteiger partial charge is 0.469 e. The molecule has 0 aliphatic rings. The van der Waals surface area contributed by atoms with Gasteiger partial charge in [0.2, 0.25) is 0 Å². The molecule has 0 heterocycles. The Morgan fingerprint density at radius 1 is 0.674 bits per heavy atom. The average Bonchev–Trinajstić information content (AvgIpc) is 2.99. The second-order valence-electron chi connectivity index (χ2n) is 11.9. The number of rotatable bonds is 29. The zero-order valence-corrected chi connectivity index (χ0v) is 29.2. The van der Waals surface area contributed by atoms with Crippen LogP contribution in [-0.2, 0) is 28.2 Å². The predicted molar refractivity (Wildman–Crippen MR) is 182 cm³/mol. The van der Waals surface area contributed by atoms with Crippen molar-refractivity contribution in [2.75, 3.05) is 13.2 Å². The first-order chi connectivity index (χ1) is 21.9. The molecule has 0 aliphatic carbocycles. The molecule has 266 valence electrons. The highest BCUT2D eigenvalue weighted by molar-refractivity contribution is 7.46. The van der Waals surface area contributed by atoms with Crippen LogP contribution in [0.2, 0.25) is 0 Å². The van der Waals surface area contributed by atoms with E-state index in [2.05, 4.69) is 55.7 Å². The van der Waals surface area contributed by atoms with Gasteiger partial charge in [-0.2, -0.15) is 0 Å². The third-order valence-corrected chi connectivity index (χ3v) is 7.48. The van der Waals surface area contributed by atoms with Crippen molar-refractivity contribution in [1.82, 2.24) is 0 Å².